The summed E-state index contributed by atoms with van der Waals surface area (Å²) in [6.07, 6.45) is 1.70. The third kappa shape index (κ3) is 3.70. The number of amides is 3. The zero-order valence-electron chi connectivity index (χ0n) is 13.1. The number of aryl methyl sites for hydroxylation is 1. The minimum atomic E-state index is -0.627. The summed E-state index contributed by atoms with van der Waals surface area (Å²) in [4.78, 5) is 24.3. The number of aromatic nitrogens is 1. The summed E-state index contributed by atoms with van der Waals surface area (Å²) in [7, 11) is 1.85. The Balaban J connectivity index is 1.66. The van der Waals surface area contributed by atoms with Crippen molar-refractivity contribution in [1.29, 1.82) is 0 Å². The second-order valence-electron chi connectivity index (χ2n) is 5.33. The van der Waals surface area contributed by atoms with Crippen molar-refractivity contribution in [3.8, 4) is 0 Å². The number of para-hydroxylation sites is 1. The highest BCUT2D eigenvalue weighted by atomic mass is 35.5. The number of urea groups is 1. The van der Waals surface area contributed by atoms with E-state index < -0.39 is 11.9 Å². The van der Waals surface area contributed by atoms with E-state index >= 15 is 0 Å². The van der Waals surface area contributed by atoms with E-state index in [1.54, 1.807) is 18.3 Å². The fourth-order valence-corrected chi connectivity index (χ4v) is 2.90. The van der Waals surface area contributed by atoms with Crippen LogP contribution < -0.4 is 16.2 Å². The maximum atomic E-state index is 12.3. The van der Waals surface area contributed by atoms with Gasteiger partial charge in [0.15, 0.2) is 0 Å². The number of halogens is 2. The monoisotopic (exact) mass is 376 g/mol. The van der Waals surface area contributed by atoms with Crippen molar-refractivity contribution in [3.05, 3.63) is 64.3 Å². The predicted molar refractivity (Wildman–Crippen MR) is 99.0 cm³/mol. The molecular formula is C17H14Cl2N4O2. The minimum absolute atomic E-state index is 0.294. The van der Waals surface area contributed by atoms with E-state index in [-0.39, 0.29) is 0 Å². The van der Waals surface area contributed by atoms with Gasteiger partial charge >= 0.3 is 6.03 Å². The topological polar surface area (TPSA) is 75.2 Å². The first-order valence-electron chi connectivity index (χ1n) is 7.32. The molecule has 0 saturated carbocycles. The average molecular weight is 377 g/mol. The molecule has 1 aromatic heterocycles. The maximum Gasteiger partial charge on any atom is 0.337 e. The molecule has 3 N–H and O–H groups in total. The SMILES string of the molecule is Cn1cc(C(=O)NNC(=O)Nc2ccc(Cl)cc2Cl)c2ccccc21. The Labute approximate surface area is 153 Å². The summed E-state index contributed by atoms with van der Waals surface area (Å²) < 4.78 is 1.85. The third-order valence-electron chi connectivity index (χ3n) is 3.61. The van der Waals surface area contributed by atoms with E-state index in [0.717, 1.165) is 10.9 Å². The van der Waals surface area contributed by atoms with Gasteiger partial charge in [-0.05, 0) is 24.3 Å². The first-order chi connectivity index (χ1) is 12.0. The van der Waals surface area contributed by atoms with Gasteiger partial charge in [0.2, 0.25) is 0 Å². The average Bonchev–Trinajstić information content (AvgIpc) is 2.93. The molecular weight excluding hydrogens is 363 g/mol. The van der Waals surface area contributed by atoms with Gasteiger partial charge in [-0.15, -0.1) is 0 Å². The van der Waals surface area contributed by atoms with E-state index in [9.17, 15) is 9.59 Å². The molecule has 8 heteroatoms. The van der Waals surface area contributed by atoms with Crippen molar-refractivity contribution in [2.24, 2.45) is 7.05 Å². The minimum Gasteiger partial charge on any atom is -0.350 e. The van der Waals surface area contributed by atoms with Crippen molar-refractivity contribution >= 4 is 51.7 Å². The molecule has 2 aromatic carbocycles. The lowest BCUT2D eigenvalue weighted by Gasteiger charge is -2.10. The molecule has 3 amide bonds. The first-order valence-corrected chi connectivity index (χ1v) is 8.08. The summed E-state index contributed by atoms with van der Waals surface area (Å²) in [5, 5.41) is 4.08. The zero-order chi connectivity index (χ0) is 18.0. The molecule has 0 bridgehead atoms. The van der Waals surface area contributed by atoms with Crippen LogP contribution in [0.2, 0.25) is 10.0 Å². The lowest BCUT2D eigenvalue weighted by atomic mass is 10.2. The highest BCUT2D eigenvalue weighted by Crippen LogP contribution is 2.25. The molecule has 0 aliphatic heterocycles. The van der Waals surface area contributed by atoms with Gasteiger partial charge in [0.25, 0.3) is 5.91 Å². The lowest BCUT2D eigenvalue weighted by Crippen LogP contribution is -2.43. The standard InChI is InChI=1S/C17H14Cl2N4O2/c1-23-9-12(11-4-2-3-5-15(11)23)16(24)21-22-17(25)20-14-7-6-10(18)8-13(14)19/h2-9H,1H3,(H,21,24)(H2,20,22,25). The normalized spacial score (nSPS) is 10.5. The molecule has 0 spiro atoms. The number of hydrogen-bond acceptors (Lipinski definition) is 2. The number of nitrogens with one attached hydrogen (secondary N) is 3. The van der Waals surface area contributed by atoms with Crippen LogP contribution in [0, 0.1) is 0 Å². The molecule has 6 nitrogen and oxygen atoms in total. The Hall–Kier alpha value is -2.70. The van der Waals surface area contributed by atoms with Crippen molar-refractivity contribution in [3.63, 3.8) is 0 Å². The van der Waals surface area contributed by atoms with Crippen LogP contribution in [-0.2, 0) is 7.05 Å². The number of fused-ring (bicyclic) bond motifs is 1. The number of benzene rings is 2. The van der Waals surface area contributed by atoms with Gasteiger partial charge in [0.1, 0.15) is 0 Å². The molecule has 0 atom stereocenters. The molecule has 1 heterocycles. The van der Waals surface area contributed by atoms with E-state index in [2.05, 4.69) is 16.2 Å². The van der Waals surface area contributed by atoms with E-state index in [4.69, 9.17) is 23.2 Å². The van der Waals surface area contributed by atoms with Crippen LogP contribution in [0.25, 0.3) is 10.9 Å². The summed E-state index contributed by atoms with van der Waals surface area (Å²) in [5.74, 6) is -0.422. The summed E-state index contributed by atoms with van der Waals surface area (Å²) in [5.41, 5.74) is 6.43. The quantitative estimate of drug-likeness (QED) is 0.592. The van der Waals surface area contributed by atoms with Crippen LogP contribution in [0.5, 0.6) is 0 Å². The van der Waals surface area contributed by atoms with Gasteiger partial charge in [0, 0.05) is 29.2 Å². The van der Waals surface area contributed by atoms with E-state index in [0.29, 0.717) is 21.3 Å². The Kier molecular flexibility index (Phi) is 4.83. The second-order valence-corrected chi connectivity index (χ2v) is 6.17. The van der Waals surface area contributed by atoms with Crippen LogP contribution in [-0.4, -0.2) is 16.5 Å². The van der Waals surface area contributed by atoms with Crippen molar-refractivity contribution < 1.29 is 9.59 Å². The van der Waals surface area contributed by atoms with Gasteiger partial charge < -0.3 is 9.88 Å². The number of rotatable bonds is 2. The molecule has 3 rings (SSSR count). The number of hydrazine groups is 1. The van der Waals surface area contributed by atoms with Gasteiger partial charge in [0.05, 0.1) is 16.3 Å². The smallest absolute Gasteiger partial charge is 0.337 e. The molecule has 0 aliphatic carbocycles. The third-order valence-corrected chi connectivity index (χ3v) is 4.16. The van der Waals surface area contributed by atoms with Crippen LogP contribution in [0.15, 0.2) is 48.7 Å². The lowest BCUT2D eigenvalue weighted by molar-refractivity contribution is 0.0939. The highest BCUT2D eigenvalue weighted by molar-refractivity contribution is 6.36. The Morgan fingerprint density at radius 3 is 2.56 bits per heavy atom. The maximum absolute atomic E-state index is 12.3. The van der Waals surface area contributed by atoms with Crippen LogP contribution in [0.1, 0.15) is 10.4 Å². The Morgan fingerprint density at radius 1 is 1.04 bits per heavy atom. The van der Waals surface area contributed by atoms with Crippen molar-refractivity contribution in [1.82, 2.24) is 15.4 Å². The largest absolute Gasteiger partial charge is 0.350 e. The molecule has 128 valence electrons. The summed E-state index contributed by atoms with van der Waals surface area (Å²) in [6.45, 7) is 0. The number of hydrogen-bond donors (Lipinski definition) is 3. The van der Waals surface area contributed by atoms with Crippen LogP contribution in [0.3, 0.4) is 0 Å². The molecule has 0 saturated heterocycles. The van der Waals surface area contributed by atoms with Crippen molar-refractivity contribution in [2.45, 2.75) is 0 Å². The van der Waals surface area contributed by atoms with Crippen LogP contribution in [0.4, 0.5) is 10.5 Å². The van der Waals surface area contributed by atoms with Crippen LogP contribution >= 0.6 is 23.2 Å². The number of carbonyl (C=O) groups is 2. The highest BCUT2D eigenvalue weighted by Gasteiger charge is 2.14. The molecule has 0 unspecified atom stereocenters. The number of nitrogens with zero attached hydrogens (tertiary/aromatic N) is 1. The molecule has 0 radical (unpaired) electrons. The molecule has 25 heavy (non-hydrogen) atoms. The Bertz CT molecular complexity index is 968. The fourth-order valence-electron chi connectivity index (χ4n) is 2.45. The molecule has 0 fully saturated rings. The number of anilines is 1. The number of carbonyl (C=O) groups excluding carboxylic acids is 2. The molecule has 0 aliphatic rings. The Morgan fingerprint density at radius 2 is 1.80 bits per heavy atom. The van der Waals surface area contributed by atoms with E-state index in [1.165, 1.54) is 6.07 Å². The first kappa shape index (κ1) is 17.1. The molecule has 3 aromatic rings. The van der Waals surface area contributed by atoms with Gasteiger partial charge in [-0.2, -0.15) is 0 Å². The summed E-state index contributed by atoms with van der Waals surface area (Å²) >= 11 is 11.8. The van der Waals surface area contributed by atoms with Crippen molar-refractivity contribution in [2.75, 3.05) is 5.32 Å². The van der Waals surface area contributed by atoms with Gasteiger partial charge in [-0.1, -0.05) is 41.4 Å². The zero-order valence-corrected chi connectivity index (χ0v) is 14.7. The van der Waals surface area contributed by atoms with Gasteiger partial charge in [-0.25, -0.2) is 10.2 Å². The van der Waals surface area contributed by atoms with E-state index in [1.807, 2.05) is 35.9 Å². The fraction of sp³-hybridized carbons (Fsp3) is 0.0588. The van der Waals surface area contributed by atoms with Gasteiger partial charge in [-0.3, -0.25) is 10.2 Å². The predicted octanol–water partition coefficient (Wildman–Crippen LogP) is 3.95. The second kappa shape index (κ2) is 7.04. The summed E-state index contributed by atoms with van der Waals surface area (Å²) in [6, 6.07) is 11.5.